The number of rotatable bonds is 5. The smallest absolute Gasteiger partial charge is 0.225 e. The lowest BCUT2D eigenvalue weighted by molar-refractivity contribution is -0.126. The Hall–Kier alpha value is -2.18. The van der Waals surface area contributed by atoms with Gasteiger partial charge in [0.1, 0.15) is 0 Å². The van der Waals surface area contributed by atoms with Gasteiger partial charge in [-0.25, -0.2) is 9.97 Å². The second-order valence-electron chi connectivity index (χ2n) is 5.99. The highest BCUT2D eigenvalue weighted by atomic mass is 16.2. The molecule has 23 heavy (non-hydrogen) atoms. The van der Waals surface area contributed by atoms with Gasteiger partial charge in [-0.2, -0.15) is 0 Å². The van der Waals surface area contributed by atoms with Crippen LogP contribution in [-0.4, -0.2) is 48.0 Å². The minimum absolute atomic E-state index is 0.0227. The van der Waals surface area contributed by atoms with Gasteiger partial charge in [-0.15, -0.1) is 0 Å². The molecule has 0 aliphatic carbocycles. The quantitative estimate of drug-likeness (QED) is 0.775. The number of carbonyl (C=O) groups is 2. The molecule has 126 valence electrons. The van der Waals surface area contributed by atoms with E-state index in [0.717, 1.165) is 43.3 Å². The van der Waals surface area contributed by atoms with Gasteiger partial charge >= 0.3 is 0 Å². The first-order valence-corrected chi connectivity index (χ1v) is 8.05. The number of carbonyl (C=O) groups excluding carboxylic acids is 2. The fraction of sp³-hybridized carbons (Fsp3) is 0.625. The van der Waals surface area contributed by atoms with Crippen LogP contribution in [0.25, 0.3) is 0 Å². The molecule has 2 heterocycles. The van der Waals surface area contributed by atoms with Crippen LogP contribution in [0.3, 0.4) is 0 Å². The molecule has 0 unspecified atom stereocenters. The average molecular weight is 319 g/mol. The Morgan fingerprint density at radius 1 is 1.13 bits per heavy atom. The van der Waals surface area contributed by atoms with Crippen molar-refractivity contribution < 1.29 is 9.59 Å². The maximum absolute atomic E-state index is 12.1. The number of aromatic nitrogens is 2. The largest absolute Gasteiger partial charge is 0.355 e. The van der Waals surface area contributed by atoms with E-state index in [1.54, 1.807) is 0 Å². The van der Waals surface area contributed by atoms with Gasteiger partial charge in [-0.05, 0) is 32.8 Å². The summed E-state index contributed by atoms with van der Waals surface area (Å²) in [6.45, 7) is 7.90. The number of piperidine rings is 1. The minimum atomic E-state index is -0.0824. The van der Waals surface area contributed by atoms with E-state index < -0.39 is 0 Å². The summed E-state index contributed by atoms with van der Waals surface area (Å²) in [6.07, 6.45) is 1.59. The third-order valence-electron chi connectivity index (χ3n) is 3.92. The minimum Gasteiger partial charge on any atom is -0.355 e. The molecule has 0 bridgehead atoms. The number of hydrogen-bond acceptors (Lipinski definition) is 5. The zero-order chi connectivity index (χ0) is 16.8. The van der Waals surface area contributed by atoms with Crippen LogP contribution < -0.4 is 15.5 Å². The lowest BCUT2D eigenvalue weighted by Crippen LogP contribution is -2.43. The number of nitrogens with one attached hydrogen (secondary N) is 2. The van der Waals surface area contributed by atoms with Crippen LogP contribution in [0.15, 0.2) is 6.07 Å². The highest BCUT2D eigenvalue weighted by molar-refractivity contribution is 5.79. The van der Waals surface area contributed by atoms with Crippen molar-refractivity contribution >= 4 is 17.8 Å². The van der Waals surface area contributed by atoms with Gasteiger partial charge in [-0.1, -0.05) is 0 Å². The Kier molecular flexibility index (Phi) is 5.90. The van der Waals surface area contributed by atoms with E-state index in [9.17, 15) is 9.59 Å². The third kappa shape index (κ3) is 5.19. The van der Waals surface area contributed by atoms with Crippen molar-refractivity contribution in [1.29, 1.82) is 0 Å². The van der Waals surface area contributed by atoms with Gasteiger partial charge in [0.15, 0.2) is 0 Å². The molecule has 1 aliphatic heterocycles. The van der Waals surface area contributed by atoms with Crippen LogP contribution in [0.5, 0.6) is 0 Å². The molecule has 1 aliphatic rings. The summed E-state index contributed by atoms with van der Waals surface area (Å²) < 4.78 is 0. The van der Waals surface area contributed by atoms with Crippen LogP contribution in [-0.2, 0) is 9.59 Å². The van der Waals surface area contributed by atoms with Gasteiger partial charge in [0.2, 0.25) is 17.8 Å². The zero-order valence-corrected chi connectivity index (χ0v) is 14.1. The molecule has 7 nitrogen and oxygen atoms in total. The second-order valence-corrected chi connectivity index (χ2v) is 5.99. The molecule has 0 atom stereocenters. The first-order chi connectivity index (χ1) is 11.0. The predicted octanol–water partition coefficient (Wildman–Crippen LogP) is 0.562. The number of nitrogens with zero attached hydrogens (tertiary/aromatic N) is 3. The van der Waals surface area contributed by atoms with Crippen molar-refractivity contribution in [3.63, 3.8) is 0 Å². The molecule has 0 spiro atoms. The van der Waals surface area contributed by atoms with Gasteiger partial charge in [0, 0.05) is 50.4 Å². The van der Waals surface area contributed by atoms with E-state index in [2.05, 4.69) is 25.5 Å². The molecule has 1 saturated heterocycles. The molecule has 2 amide bonds. The first-order valence-electron chi connectivity index (χ1n) is 8.05. The molecule has 2 N–H and O–H groups in total. The number of aryl methyl sites for hydroxylation is 2. The molecule has 1 fully saturated rings. The van der Waals surface area contributed by atoms with Crippen LogP contribution in [0, 0.1) is 19.8 Å². The van der Waals surface area contributed by atoms with Crippen molar-refractivity contribution in [2.45, 2.75) is 33.6 Å². The van der Waals surface area contributed by atoms with E-state index in [4.69, 9.17) is 0 Å². The van der Waals surface area contributed by atoms with Crippen molar-refractivity contribution in [1.82, 2.24) is 20.6 Å². The third-order valence-corrected chi connectivity index (χ3v) is 3.92. The summed E-state index contributed by atoms with van der Waals surface area (Å²) in [5, 5.41) is 5.54. The Bertz CT molecular complexity index is 547. The number of amides is 2. The fourth-order valence-electron chi connectivity index (χ4n) is 2.76. The lowest BCUT2D eigenvalue weighted by atomic mass is 9.96. The van der Waals surface area contributed by atoms with Crippen molar-refractivity contribution in [2.75, 3.05) is 31.1 Å². The van der Waals surface area contributed by atoms with Crippen molar-refractivity contribution in [2.24, 2.45) is 5.92 Å². The molecule has 1 aromatic heterocycles. The topological polar surface area (TPSA) is 87.2 Å². The highest BCUT2D eigenvalue weighted by Crippen LogP contribution is 2.21. The average Bonchev–Trinajstić information content (AvgIpc) is 2.50. The molecule has 0 radical (unpaired) electrons. The van der Waals surface area contributed by atoms with E-state index >= 15 is 0 Å². The normalized spacial score (nSPS) is 15.3. The summed E-state index contributed by atoms with van der Waals surface area (Å²) in [7, 11) is 0. The van der Waals surface area contributed by atoms with Crippen LogP contribution in [0.1, 0.15) is 31.2 Å². The van der Waals surface area contributed by atoms with Gasteiger partial charge < -0.3 is 15.5 Å². The van der Waals surface area contributed by atoms with Crippen LogP contribution in [0.2, 0.25) is 0 Å². The van der Waals surface area contributed by atoms with Crippen LogP contribution >= 0.6 is 0 Å². The molecule has 2 rings (SSSR count). The Morgan fingerprint density at radius 3 is 2.26 bits per heavy atom. The molecular formula is C16H25N5O2. The molecule has 1 aromatic rings. The fourth-order valence-corrected chi connectivity index (χ4v) is 2.76. The standard InChI is InChI=1S/C16H25N5O2/c1-11-10-12(2)20-16(19-11)21-8-4-14(5-9-21)15(23)18-7-6-17-13(3)22/h10,14H,4-9H2,1-3H3,(H,17,22)(H,18,23). The van der Waals surface area contributed by atoms with Crippen LogP contribution in [0.4, 0.5) is 5.95 Å². The van der Waals surface area contributed by atoms with E-state index in [-0.39, 0.29) is 17.7 Å². The molecule has 0 saturated carbocycles. The van der Waals surface area contributed by atoms with Crippen molar-refractivity contribution in [3.05, 3.63) is 17.5 Å². The summed E-state index contributed by atoms with van der Waals surface area (Å²) >= 11 is 0. The Labute approximate surface area is 136 Å². The lowest BCUT2D eigenvalue weighted by Gasteiger charge is -2.31. The van der Waals surface area contributed by atoms with E-state index in [1.165, 1.54) is 6.92 Å². The second kappa shape index (κ2) is 7.89. The molecular weight excluding hydrogens is 294 g/mol. The Balaban J connectivity index is 1.79. The summed E-state index contributed by atoms with van der Waals surface area (Å²) in [5.41, 5.74) is 1.93. The van der Waals surface area contributed by atoms with E-state index in [0.29, 0.717) is 13.1 Å². The van der Waals surface area contributed by atoms with Gasteiger partial charge in [0.25, 0.3) is 0 Å². The summed E-state index contributed by atoms with van der Waals surface area (Å²) in [5.74, 6) is 0.763. The molecule has 0 aromatic carbocycles. The predicted molar refractivity (Wildman–Crippen MR) is 88.1 cm³/mol. The van der Waals surface area contributed by atoms with E-state index in [1.807, 2.05) is 19.9 Å². The highest BCUT2D eigenvalue weighted by Gasteiger charge is 2.26. The number of anilines is 1. The Morgan fingerprint density at radius 2 is 1.70 bits per heavy atom. The maximum atomic E-state index is 12.1. The first kappa shape index (κ1) is 17.2. The zero-order valence-electron chi connectivity index (χ0n) is 14.1. The summed E-state index contributed by atoms with van der Waals surface area (Å²) in [6, 6.07) is 1.96. The monoisotopic (exact) mass is 319 g/mol. The maximum Gasteiger partial charge on any atom is 0.225 e. The molecule has 7 heteroatoms. The van der Waals surface area contributed by atoms with Gasteiger partial charge in [-0.3, -0.25) is 9.59 Å². The van der Waals surface area contributed by atoms with Gasteiger partial charge in [0.05, 0.1) is 0 Å². The SMILES string of the molecule is CC(=O)NCCNC(=O)C1CCN(c2nc(C)cc(C)n2)CC1. The summed E-state index contributed by atoms with van der Waals surface area (Å²) in [4.78, 5) is 34.0. The van der Waals surface area contributed by atoms with Crippen molar-refractivity contribution in [3.8, 4) is 0 Å². The number of hydrogen-bond donors (Lipinski definition) is 2.